The summed E-state index contributed by atoms with van der Waals surface area (Å²) in [6.45, 7) is 0.421. The van der Waals surface area contributed by atoms with Gasteiger partial charge in [0.25, 0.3) is 5.91 Å². The first-order valence-corrected chi connectivity index (χ1v) is 13.7. The molecule has 0 radical (unpaired) electrons. The first-order valence-electron chi connectivity index (χ1n) is 13.7. The van der Waals surface area contributed by atoms with Crippen LogP contribution in [0.5, 0.6) is 0 Å². The van der Waals surface area contributed by atoms with Crippen molar-refractivity contribution in [3.63, 3.8) is 0 Å². The third kappa shape index (κ3) is 4.70. The first-order chi connectivity index (χ1) is 18.3. The lowest BCUT2D eigenvalue weighted by atomic mass is 9.49. The zero-order valence-corrected chi connectivity index (χ0v) is 21.5. The second kappa shape index (κ2) is 9.61. The van der Waals surface area contributed by atoms with Crippen molar-refractivity contribution in [2.24, 2.45) is 28.9 Å². The van der Waals surface area contributed by atoms with Crippen molar-refractivity contribution >= 4 is 28.8 Å². The standard InChI is InChI=1S/C31H34N2O5/c32-28(34)8-6-26(30(36)37)33(18-31-15-19-11-20(16-31)13-21(12-19)17-31)29(35)23-3-1-22(2-4-23)24-5-7-27-25(14-24)9-10-38-27/h1-5,7,9-10,14,19-21,26H,6,8,11-13,15-18H2,(H2,32,34)(H,36,37)/t19?,20?,21?,26-,31?/m0/s1. The molecule has 4 aliphatic carbocycles. The number of aliphatic carboxylic acids is 1. The number of carbonyl (C=O) groups is 3. The van der Waals surface area contributed by atoms with Crippen LogP contribution in [0.25, 0.3) is 22.1 Å². The minimum absolute atomic E-state index is 0.0194. The number of amides is 2. The molecule has 1 atom stereocenters. The Kier molecular flexibility index (Phi) is 6.25. The Hall–Kier alpha value is -3.61. The third-order valence-electron chi connectivity index (χ3n) is 9.17. The SMILES string of the molecule is NC(=O)CC[C@@H](C(=O)O)N(CC12CC3CC(CC(C3)C1)C2)C(=O)c1ccc(-c2ccc3occc3c2)cc1. The Bertz CT molecular complexity index is 1340. The van der Waals surface area contributed by atoms with Crippen molar-refractivity contribution in [2.45, 2.75) is 57.4 Å². The molecule has 38 heavy (non-hydrogen) atoms. The van der Waals surface area contributed by atoms with Crippen molar-refractivity contribution in [3.8, 4) is 11.1 Å². The van der Waals surface area contributed by atoms with E-state index < -0.39 is 17.9 Å². The minimum Gasteiger partial charge on any atom is -0.480 e. The highest BCUT2D eigenvalue weighted by Crippen LogP contribution is 2.60. The van der Waals surface area contributed by atoms with E-state index in [-0.39, 0.29) is 24.2 Å². The Morgan fingerprint density at radius 1 is 0.947 bits per heavy atom. The van der Waals surface area contributed by atoms with Crippen LogP contribution in [0.2, 0.25) is 0 Å². The van der Waals surface area contributed by atoms with Gasteiger partial charge in [0.05, 0.1) is 6.26 Å². The lowest BCUT2D eigenvalue weighted by molar-refractivity contribution is -0.144. The van der Waals surface area contributed by atoms with Crippen LogP contribution >= 0.6 is 0 Å². The van der Waals surface area contributed by atoms with Crippen molar-refractivity contribution in [3.05, 3.63) is 60.4 Å². The van der Waals surface area contributed by atoms with Crippen LogP contribution in [0.15, 0.2) is 59.2 Å². The lowest BCUT2D eigenvalue weighted by Crippen LogP contribution is -2.55. The summed E-state index contributed by atoms with van der Waals surface area (Å²) in [5.41, 5.74) is 8.57. The number of furan rings is 1. The quantitative estimate of drug-likeness (QED) is 0.393. The Balaban J connectivity index is 1.29. The Morgan fingerprint density at radius 2 is 1.58 bits per heavy atom. The van der Waals surface area contributed by atoms with Gasteiger partial charge in [0.2, 0.25) is 5.91 Å². The van der Waals surface area contributed by atoms with Crippen LogP contribution in [-0.4, -0.2) is 40.4 Å². The van der Waals surface area contributed by atoms with E-state index in [1.54, 1.807) is 23.3 Å². The molecule has 7 nitrogen and oxygen atoms in total. The zero-order chi connectivity index (χ0) is 26.4. The lowest BCUT2D eigenvalue weighted by Gasteiger charge is -2.58. The molecular weight excluding hydrogens is 480 g/mol. The number of nitrogens with zero attached hydrogens (tertiary/aromatic N) is 1. The second-order valence-electron chi connectivity index (χ2n) is 12.0. The summed E-state index contributed by atoms with van der Waals surface area (Å²) >= 11 is 0. The van der Waals surface area contributed by atoms with Gasteiger partial charge in [0.15, 0.2) is 0 Å². The van der Waals surface area contributed by atoms with Crippen LogP contribution in [0, 0.1) is 23.2 Å². The average molecular weight is 515 g/mol. The van der Waals surface area contributed by atoms with Crippen LogP contribution in [0.3, 0.4) is 0 Å². The average Bonchev–Trinajstić information content (AvgIpc) is 3.35. The molecule has 198 valence electrons. The maximum absolute atomic E-state index is 14.0. The van der Waals surface area contributed by atoms with Gasteiger partial charge in [-0.3, -0.25) is 9.59 Å². The number of hydrogen-bond donors (Lipinski definition) is 2. The molecule has 7 heteroatoms. The van der Waals surface area contributed by atoms with Gasteiger partial charge in [-0.1, -0.05) is 18.2 Å². The highest BCUT2D eigenvalue weighted by molar-refractivity contribution is 5.97. The van der Waals surface area contributed by atoms with E-state index in [9.17, 15) is 19.5 Å². The summed E-state index contributed by atoms with van der Waals surface area (Å²) in [7, 11) is 0. The van der Waals surface area contributed by atoms with Gasteiger partial charge < -0.3 is 20.2 Å². The summed E-state index contributed by atoms with van der Waals surface area (Å²) in [6.07, 6.45) is 8.57. The fraction of sp³-hybridized carbons (Fsp3) is 0.452. The summed E-state index contributed by atoms with van der Waals surface area (Å²) in [5, 5.41) is 11.2. The molecule has 4 aliphatic rings. The number of rotatable bonds is 9. The molecule has 4 fully saturated rings. The van der Waals surface area contributed by atoms with E-state index in [2.05, 4.69) is 0 Å². The molecule has 4 saturated carbocycles. The molecule has 1 heterocycles. The highest BCUT2D eigenvalue weighted by Gasteiger charge is 2.52. The van der Waals surface area contributed by atoms with E-state index in [0.29, 0.717) is 29.9 Å². The fourth-order valence-corrected chi connectivity index (χ4v) is 7.98. The van der Waals surface area contributed by atoms with Gasteiger partial charge in [0.1, 0.15) is 11.6 Å². The summed E-state index contributed by atoms with van der Waals surface area (Å²) in [5.74, 6) is 0.0954. The minimum atomic E-state index is -1.09. The number of carbonyl (C=O) groups excluding carboxylic acids is 2. The number of benzene rings is 2. The first kappa shape index (κ1) is 24.7. The molecule has 3 aromatic rings. The number of hydrogen-bond acceptors (Lipinski definition) is 4. The number of carboxylic acids is 1. The number of nitrogens with two attached hydrogens (primary N) is 1. The molecule has 0 unspecified atom stereocenters. The molecular formula is C31H34N2O5. The molecule has 4 bridgehead atoms. The predicted molar refractivity (Wildman–Crippen MR) is 143 cm³/mol. The van der Waals surface area contributed by atoms with Crippen molar-refractivity contribution in [1.82, 2.24) is 4.90 Å². The fourth-order valence-electron chi connectivity index (χ4n) is 7.98. The maximum Gasteiger partial charge on any atom is 0.326 e. The molecule has 2 amide bonds. The predicted octanol–water partition coefficient (Wildman–Crippen LogP) is 5.48. The number of primary amides is 1. The molecule has 0 spiro atoms. The van der Waals surface area contributed by atoms with Gasteiger partial charge in [-0.2, -0.15) is 0 Å². The van der Waals surface area contributed by atoms with Gasteiger partial charge in [-0.25, -0.2) is 4.79 Å². The maximum atomic E-state index is 14.0. The molecule has 0 aliphatic heterocycles. The van der Waals surface area contributed by atoms with Crippen molar-refractivity contribution < 1.29 is 23.9 Å². The van der Waals surface area contributed by atoms with Crippen LogP contribution in [0.4, 0.5) is 0 Å². The molecule has 2 aromatic carbocycles. The zero-order valence-electron chi connectivity index (χ0n) is 21.5. The van der Waals surface area contributed by atoms with Gasteiger partial charge in [-0.05, 0) is 110 Å². The Morgan fingerprint density at radius 3 is 2.18 bits per heavy atom. The largest absolute Gasteiger partial charge is 0.480 e. The summed E-state index contributed by atoms with van der Waals surface area (Å²) < 4.78 is 5.43. The van der Waals surface area contributed by atoms with E-state index in [1.165, 1.54) is 19.3 Å². The highest BCUT2D eigenvalue weighted by atomic mass is 16.4. The van der Waals surface area contributed by atoms with Gasteiger partial charge in [0, 0.05) is 23.9 Å². The number of carboxylic acid groups (broad SMARTS) is 1. The molecule has 7 rings (SSSR count). The van der Waals surface area contributed by atoms with E-state index in [1.807, 2.05) is 36.4 Å². The molecule has 3 N–H and O–H groups in total. The van der Waals surface area contributed by atoms with Gasteiger partial charge in [-0.15, -0.1) is 0 Å². The van der Waals surface area contributed by atoms with Crippen molar-refractivity contribution in [1.29, 1.82) is 0 Å². The Labute approximate surface area is 222 Å². The second-order valence-corrected chi connectivity index (χ2v) is 12.0. The smallest absolute Gasteiger partial charge is 0.326 e. The van der Waals surface area contributed by atoms with E-state index in [0.717, 1.165) is 41.4 Å². The van der Waals surface area contributed by atoms with Gasteiger partial charge >= 0.3 is 5.97 Å². The van der Waals surface area contributed by atoms with Crippen LogP contribution in [0.1, 0.15) is 61.7 Å². The van der Waals surface area contributed by atoms with Crippen LogP contribution in [-0.2, 0) is 9.59 Å². The van der Waals surface area contributed by atoms with Crippen LogP contribution < -0.4 is 5.73 Å². The number of fused-ring (bicyclic) bond motifs is 1. The monoisotopic (exact) mass is 514 g/mol. The van der Waals surface area contributed by atoms with E-state index in [4.69, 9.17) is 10.2 Å². The molecule has 0 saturated heterocycles. The normalized spacial score (nSPS) is 26.4. The molecule has 1 aromatic heterocycles. The topological polar surface area (TPSA) is 114 Å². The van der Waals surface area contributed by atoms with E-state index >= 15 is 0 Å². The summed E-state index contributed by atoms with van der Waals surface area (Å²) in [4.78, 5) is 39.5. The summed E-state index contributed by atoms with van der Waals surface area (Å²) in [6, 6.07) is 14.1. The van der Waals surface area contributed by atoms with Crippen molar-refractivity contribution in [2.75, 3.05) is 6.54 Å². The third-order valence-corrected chi connectivity index (χ3v) is 9.17.